The summed E-state index contributed by atoms with van der Waals surface area (Å²) in [7, 11) is 0. The molecule has 0 amide bonds. The van der Waals surface area contributed by atoms with Crippen molar-refractivity contribution in [1.29, 1.82) is 0 Å². The maximum Gasteiger partial charge on any atom is 0.0521 e. The Morgan fingerprint density at radius 1 is 1.54 bits per heavy atom. The van der Waals surface area contributed by atoms with Crippen LogP contribution in [-0.4, -0.2) is 11.7 Å². The molecule has 1 fully saturated rings. The Kier molecular flexibility index (Phi) is 3.32. The lowest BCUT2D eigenvalue weighted by Crippen LogP contribution is -2.29. The maximum atomic E-state index is 9.27. The number of rotatable bonds is 3. The molecule has 13 heavy (non-hydrogen) atoms. The molecule has 0 unspecified atom stereocenters. The van der Waals surface area contributed by atoms with Crippen LogP contribution in [0.4, 0.5) is 0 Å². The van der Waals surface area contributed by atoms with Crippen LogP contribution in [0.25, 0.3) is 0 Å². The van der Waals surface area contributed by atoms with Gasteiger partial charge in [-0.05, 0) is 38.5 Å². The molecule has 1 saturated carbocycles. The second kappa shape index (κ2) is 4.10. The highest BCUT2D eigenvalue weighted by Gasteiger charge is 2.31. The van der Waals surface area contributed by atoms with E-state index in [9.17, 15) is 5.11 Å². The number of allylic oxidation sites excluding steroid dienone is 1. The molecule has 0 aromatic rings. The minimum Gasteiger partial charge on any atom is -0.395 e. The normalized spacial score (nSPS) is 34.2. The van der Waals surface area contributed by atoms with Crippen LogP contribution in [0.5, 0.6) is 0 Å². The van der Waals surface area contributed by atoms with Crippen molar-refractivity contribution in [3.05, 3.63) is 24.8 Å². The SMILES string of the molecule is C=CC1(CO)CCC(C(=C)C)CC1. The summed E-state index contributed by atoms with van der Waals surface area (Å²) in [4.78, 5) is 0. The fourth-order valence-electron chi connectivity index (χ4n) is 2.11. The van der Waals surface area contributed by atoms with E-state index in [1.165, 1.54) is 5.57 Å². The van der Waals surface area contributed by atoms with E-state index in [0.717, 1.165) is 25.7 Å². The predicted octanol–water partition coefficient (Wildman–Crippen LogP) is 2.92. The summed E-state index contributed by atoms with van der Waals surface area (Å²) in [5.74, 6) is 0.666. The molecule has 1 aliphatic carbocycles. The van der Waals surface area contributed by atoms with Gasteiger partial charge in [0.05, 0.1) is 6.61 Å². The first-order chi connectivity index (χ1) is 6.13. The number of aliphatic hydroxyl groups is 1. The first kappa shape index (κ1) is 10.5. The molecule has 0 atom stereocenters. The lowest BCUT2D eigenvalue weighted by atomic mass is 9.69. The Morgan fingerprint density at radius 2 is 2.08 bits per heavy atom. The zero-order valence-corrected chi connectivity index (χ0v) is 8.55. The van der Waals surface area contributed by atoms with E-state index in [4.69, 9.17) is 0 Å². The highest BCUT2D eigenvalue weighted by Crippen LogP contribution is 2.41. The van der Waals surface area contributed by atoms with Crippen LogP contribution in [0.2, 0.25) is 0 Å². The number of aliphatic hydroxyl groups excluding tert-OH is 1. The monoisotopic (exact) mass is 180 g/mol. The highest BCUT2D eigenvalue weighted by atomic mass is 16.3. The average Bonchev–Trinajstić information content (AvgIpc) is 2.18. The molecule has 0 radical (unpaired) electrons. The van der Waals surface area contributed by atoms with Crippen molar-refractivity contribution in [3.63, 3.8) is 0 Å². The average molecular weight is 180 g/mol. The molecule has 0 spiro atoms. The summed E-state index contributed by atoms with van der Waals surface area (Å²) in [5, 5.41) is 9.27. The third-order valence-corrected chi connectivity index (χ3v) is 3.43. The first-order valence-electron chi connectivity index (χ1n) is 5.03. The summed E-state index contributed by atoms with van der Waals surface area (Å²) >= 11 is 0. The van der Waals surface area contributed by atoms with Crippen LogP contribution in [0, 0.1) is 11.3 Å². The third-order valence-electron chi connectivity index (χ3n) is 3.43. The zero-order valence-electron chi connectivity index (χ0n) is 8.55. The molecule has 0 heterocycles. The van der Waals surface area contributed by atoms with Gasteiger partial charge in [0.15, 0.2) is 0 Å². The second-order valence-electron chi connectivity index (χ2n) is 4.35. The molecular weight excluding hydrogens is 160 g/mol. The van der Waals surface area contributed by atoms with E-state index >= 15 is 0 Å². The van der Waals surface area contributed by atoms with Gasteiger partial charge in [0, 0.05) is 5.41 Å². The lowest BCUT2D eigenvalue weighted by Gasteiger charge is -2.36. The van der Waals surface area contributed by atoms with E-state index in [1.54, 1.807) is 0 Å². The number of hydrogen-bond donors (Lipinski definition) is 1. The summed E-state index contributed by atoms with van der Waals surface area (Å²) < 4.78 is 0. The standard InChI is InChI=1S/C12H20O/c1-4-12(9-13)7-5-11(6-8-12)10(2)3/h4,11,13H,1-2,5-9H2,3H3. The lowest BCUT2D eigenvalue weighted by molar-refractivity contribution is 0.114. The van der Waals surface area contributed by atoms with Gasteiger partial charge >= 0.3 is 0 Å². The zero-order chi connectivity index (χ0) is 9.90. The molecule has 0 aromatic heterocycles. The van der Waals surface area contributed by atoms with Crippen molar-refractivity contribution in [2.75, 3.05) is 6.61 Å². The molecule has 1 nitrogen and oxygen atoms in total. The van der Waals surface area contributed by atoms with E-state index in [2.05, 4.69) is 20.1 Å². The van der Waals surface area contributed by atoms with Crippen LogP contribution >= 0.6 is 0 Å². The fraction of sp³-hybridized carbons (Fsp3) is 0.667. The van der Waals surface area contributed by atoms with Gasteiger partial charge in [-0.3, -0.25) is 0 Å². The Bertz CT molecular complexity index is 197. The minimum atomic E-state index is 0.00590. The van der Waals surface area contributed by atoms with Crippen LogP contribution in [-0.2, 0) is 0 Å². The van der Waals surface area contributed by atoms with Gasteiger partial charge in [-0.1, -0.05) is 18.2 Å². The van der Waals surface area contributed by atoms with Crippen molar-refractivity contribution < 1.29 is 5.11 Å². The fourth-order valence-corrected chi connectivity index (χ4v) is 2.11. The van der Waals surface area contributed by atoms with Gasteiger partial charge in [-0.2, -0.15) is 0 Å². The Hall–Kier alpha value is -0.560. The second-order valence-corrected chi connectivity index (χ2v) is 4.35. The summed E-state index contributed by atoms with van der Waals surface area (Å²) in [5.41, 5.74) is 1.29. The Morgan fingerprint density at radius 3 is 2.38 bits per heavy atom. The quantitative estimate of drug-likeness (QED) is 0.662. The summed E-state index contributed by atoms with van der Waals surface area (Å²) in [6, 6.07) is 0. The molecule has 0 aromatic carbocycles. The van der Waals surface area contributed by atoms with E-state index in [1.807, 2.05) is 6.08 Å². The van der Waals surface area contributed by atoms with Gasteiger partial charge in [-0.15, -0.1) is 6.58 Å². The van der Waals surface area contributed by atoms with Crippen molar-refractivity contribution in [1.82, 2.24) is 0 Å². The van der Waals surface area contributed by atoms with Crippen molar-refractivity contribution in [2.45, 2.75) is 32.6 Å². The molecule has 1 N–H and O–H groups in total. The largest absolute Gasteiger partial charge is 0.395 e. The molecule has 0 bridgehead atoms. The van der Waals surface area contributed by atoms with Crippen molar-refractivity contribution >= 4 is 0 Å². The van der Waals surface area contributed by atoms with Crippen molar-refractivity contribution in [3.8, 4) is 0 Å². The predicted molar refractivity (Wildman–Crippen MR) is 56.5 cm³/mol. The molecular formula is C12H20O. The van der Waals surface area contributed by atoms with Gasteiger partial charge in [-0.25, -0.2) is 0 Å². The summed E-state index contributed by atoms with van der Waals surface area (Å²) in [6.07, 6.45) is 6.36. The smallest absolute Gasteiger partial charge is 0.0521 e. The number of hydrogen-bond acceptors (Lipinski definition) is 1. The third kappa shape index (κ3) is 2.22. The van der Waals surface area contributed by atoms with Gasteiger partial charge in [0.2, 0.25) is 0 Å². The Labute approximate surface area is 81.2 Å². The molecule has 1 rings (SSSR count). The first-order valence-corrected chi connectivity index (χ1v) is 5.03. The molecule has 0 saturated heterocycles. The van der Waals surface area contributed by atoms with Crippen LogP contribution in [0.3, 0.4) is 0 Å². The topological polar surface area (TPSA) is 20.2 Å². The van der Waals surface area contributed by atoms with Crippen molar-refractivity contribution in [2.24, 2.45) is 11.3 Å². The molecule has 1 aliphatic rings. The highest BCUT2D eigenvalue weighted by molar-refractivity contribution is 5.04. The molecule has 0 aliphatic heterocycles. The van der Waals surface area contributed by atoms with Gasteiger partial charge in [0.25, 0.3) is 0 Å². The van der Waals surface area contributed by atoms with Gasteiger partial charge in [0.1, 0.15) is 0 Å². The maximum absolute atomic E-state index is 9.27. The van der Waals surface area contributed by atoms with Crippen LogP contribution in [0.15, 0.2) is 24.8 Å². The molecule has 1 heteroatoms. The summed E-state index contributed by atoms with van der Waals surface area (Å²) in [6.45, 7) is 10.2. The minimum absolute atomic E-state index is 0.00590. The Balaban J connectivity index is 2.55. The van der Waals surface area contributed by atoms with E-state index < -0.39 is 0 Å². The van der Waals surface area contributed by atoms with Gasteiger partial charge < -0.3 is 5.11 Å². The van der Waals surface area contributed by atoms with E-state index in [0.29, 0.717) is 5.92 Å². The van der Waals surface area contributed by atoms with Crippen LogP contribution < -0.4 is 0 Å². The van der Waals surface area contributed by atoms with E-state index in [-0.39, 0.29) is 12.0 Å². The van der Waals surface area contributed by atoms with Crippen LogP contribution in [0.1, 0.15) is 32.6 Å². The molecule has 74 valence electrons.